The number of fused-ring (bicyclic) bond motifs is 1. The molecule has 0 aliphatic rings. The van der Waals surface area contributed by atoms with Gasteiger partial charge in [-0.05, 0) is 18.2 Å². The Morgan fingerprint density at radius 2 is 2.09 bits per heavy atom. The first-order valence-corrected chi connectivity index (χ1v) is 8.87. The third-order valence-corrected chi connectivity index (χ3v) is 4.96. The van der Waals surface area contributed by atoms with E-state index in [1.807, 2.05) is 0 Å². The number of primary sulfonamides is 1. The molecule has 0 saturated carbocycles. The van der Waals surface area contributed by atoms with Gasteiger partial charge in [-0.1, -0.05) is 11.3 Å². The van der Waals surface area contributed by atoms with Crippen molar-refractivity contribution in [3.8, 4) is 0 Å². The molecule has 0 aliphatic carbocycles. The number of benzene rings is 1. The Balaban J connectivity index is 2.62. The predicted octanol–water partition coefficient (Wildman–Crippen LogP) is 0.360. The first kappa shape index (κ1) is 17.3. The van der Waals surface area contributed by atoms with E-state index in [-0.39, 0.29) is 17.9 Å². The first-order chi connectivity index (χ1) is 10.7. The third-order valence-electron chi connectivity index (χ3n) is 3.00. The predicted molar refractivity (Wildman–Crippen MR) is 84.1 cm³/mol. The van der Waals surface area contributed by atoms with Gasteiger partial charge in [0.15, 0.2) is 4.80 Å². The normalized spacial score (nSPS) is 12.6. The maximum atomic E-state index is 11.4. The number of aromatic nitrogens is 1. The largest absolute Gasteiger partial charge is 0.469 e. The van der Waals surface area contributed by atoms with E-state index in [1.54, 1.807) is 10.6 Å². The second kappa shape index (κ2) is 6.60. The molecule has 0 radical (unpaired) electrons. The Labute approximate surface area is 136 Å². The van der Waals surface area contributed by atoms with Gasteiger partial charge in [0.2, 0.25) is 15.9 Å². The molecule has 10 heteroatoms. The van der Waals surface area contributed by atoms with Crippen molar-refractivity contribution in [2.75, 3.05) is 7.11 Å². The zero-order chi connectivity index (χ0) is 17.2. The van der Waals surface area contributed by atoms with Gasteiger partial charge in [-0.3, -0.25) is 9.59 Å². The highest BCUT2D eigenvalue weighted by molar-refractivity contribution is 7.89. The minimum absolute atomic E-state index is 0.0271. The molecule has 0 aliphatic heterocycles. The molecule has 2 rings (SSSR count). The SMILES string of the molecule is COC(=O)CCn1c(=NC(C)=O)sc2cc(S(N)(=O)=O)ccc21. The number of methoxy groups -OCH3 is 1. The van der Waals surface area contributed by atoms with Crippen LogP contribution in [0.15, 0.2) is 28.1 Å². The maximum Gasteiger partial charge on any atom is 0.307 e. The molecule has 0 saturated heterocycles. The van der Waals surface area contributed by atoms with Crippen LogP contribution in [0.3, 0.4) is 0 Å². The topological polar surface area (TPSA) is 121 Å². The maximum absolute atomic E-state index is 11.4. The van der Waals surface area contributed by atoms with E-state index in [0.29, 0.717) is 15.0 Å². The van der Waals surface area contributed by atoms with Gasteiger partial charge < -0.3 is 9.30 Å². The zero-order valence-corrected chi connectivity index (χ0v) is 14.1. The Hall–Kier alpha value is -2.04. The number of thiazole rings is 1. The number of hydrogen-bond acceptors (Lipinski definition) is 6. The minimum atomic E-state index is -3.82. The van der Waals surface area contributed by atoms with Gasteiger partial charge in [0.1, 0.15) is 0 Å². The van der Waals surface area contributed by atoms with E-state index < -0.39 is 21.9 Å². The van der Waals surface area contributed by atoms with Crippen molar-refractivity contribution in [1.82, 2.24) is 4.57 Å². The van der Waals surface area contributed by atoms with E-state index in [4.69, 9.17) is 5.14 Å². The number of esters is 1. The average Bonchev–Trinajstić information content (AvgIpc) is 2.79. The molecule has 0 spiro atoms. The van der Waals surface area contributed by atoms with Crippen molar-refractivity contribution >= 4 is 43.5 Å². The van der Waals surface area contributed by atoms with Gasteiger partial charge in [0, 0.05) is 13.5 Å². The zero-order valence-electron chi connectivity index (χ0n) is 12.5. The molecule has 0 atom stereocenters. The van der Waals surface area contributed by atoms with Crippen LogP contribution < -0.4 is 9.94 Å². The van der Waals surface area contributed by atoms with Gasteiger partial charge in [-0.2, -0.15) is 4.99 Å². The summed E-state index contributed by atoms with van der Waals surface area (Å²) in [6.45, 7) is 1.57. The monoisotopic (exact) mass is 357 g/mol. The number of carbonyl (C=O) groups is 2. The van der Waals surface area contributed by atoms with Gasteiger partial charge >= 0.3 is 5.97 Å². The Kier molecular flexibility index (Phi) is 4.97. The van der Waals surface area contributed by atoms with E-state index in [2.05, 4.69) is 9.73 Å². The molecule has 0 unspecified atom stereocenters. The molecule has 0 fully saturated rings. The Morgan fingerprint density at radius 3 is 2.65 bits per heavy atom. The summed E-state index contributed by atoms with van der Waals surface area (Å²) < 4.78 is 29.7. The van der Waals surface area contributed by atoms with Crippen LogP contribution in [0.25, 0.3) is 10.2 Å². The molecule has 8 nitrogen and oxygen atoms in total. The van der Waals surface area contributed by atoms with Crippen LogP contribution in [0, 0.1) is 0 Å². The molecule has 1 heterocycles. The van der Waals surface area contributed by atoms with E-state index in [9.17, 15) is 18.0 Å². The molecule has 1 amide bonds. The van der Waals surface area contributed by atoms with E-state index in [1.165, 1.54) is 26.2 Å². The van der Waals surface area contributed by atoms with Crippen molar-refractivity contribution in [3.05, 3.63) is 23.0 Å². The Morgan fingerprint density at radius 1 is 1.39 bits per heavy atom. The molecule has 2 aromatic rings. The molecular formula is C13H15N3O5S2. The summed E-state index contributed by atoms with van der Waals surface area (Å²) >= 11 is 1.15. The lowest BCUT2D eigenvalue weighted by Gasteiger charge is -2.04. The van der Waals surface area contributed by atoms with Crippen LogP contribution >= 0.6 is 11.3 Å². The van der Waals surface area contributed by atoms with Crippen molar-refractivity contribution in [1.29, 1.82) is 0 Å². The van der Waals surface area contributed by atoms with Crippen molar-refractivity contribution < 1.29 is 22.7 Å². The fourth-order valence-electron chi connectivity index (χ4n) is 1.97. The fraction of sp³-hybridized carbons (Fsp3) is 0.308. The molecule has 124 valence electrons. The lowest BCUT2D eigenvalue weighted by molar-refractivity contribution is -0.140. The number of hydrogen-bond donors (Lipinski definition) is 1. The smallest absolute Gasteiger partial charge is 0.307 e. The second-order valence-electron chi connectivity index (χ2n) is 4.67. The molecule has 23 heavy (non-hydrogen) atoms. The van der Waals surface area contributed by atoms with Crippen LogP contribution in [0.4, 0.5) is 0 Å². The summed E-state index contributed by atoms with van der Waals surface area (Å²) in [6.07, 6.45) is 0.102. The minimum Gasteiger partial charge on any atom is -0.469 e. The molecule has 2 N–H and O–H groups in total. The molecule has 0 bridgehead atoms. The van der Waals surface area contributed by atoms with E-state index >= 15 is 0 Å². The highest BCUT2D eigenvalue weighted by atomic mass is 32.2. The average molecular weight is 357 g/mol. The van der Waals surface area contributed by atoms with Gasteiger partial charge in [0.25, 0.3) is 0 Å². The molecule has 1 aromatic carbocycles. The van der Waals surface area contributed by atoms with Crippen LogP contribution in [0.1, 0.15) is 13.3 Å². The first-order valence-electron chi connectivity index (χ1n) is 6.50. The van der Waals surface area contributed by atoms with Gasteiger partial charge in [0.05, 0.1) is 28.6 Å². The number of rotatable bonds is 4. The number of nitrogens with two attached hydrogens (primary N) is 1. The number of carbonyl (C=O) groups excluding carboxylic acids is 2. The summed E-state index contributed by atoms with van der Waals surface area (Å²) in [5.74, 6) is -0.790. The summed E-state index contributed by atoms with van der Waals surface area (Å²) in [5, 5.41) is 5.12. The summed E-state index contributed by atoms with van der Waals surface area (Å²) in [7, 11) is -2.54. The van der Waals surface area contributed by atoms with Crippen molar-refractivity contribution in [3.63, 3.8) is 0 Å². The highest BCUT2D eigenvalue weighted by Crippen LogP contribution is 2.21. The number of nitrogens with zero attached hydrogens (tertiary/aromatic N) is 2. The Bertz CT molecular complexity index is 940. The lowest BCUT2D eigenvalue weighted by atomic mass is 10.3. The third kappa shape index (κ3) is 4.03. The van der Waals surface area contributed by atoms with E-state index in [0.717, 1.165) is 11.3 Å². The molecule has 1 aromatic heterocycles. The number of amides is 1. The summed E-state index contributed by atoms with van der Waals surface area (Å²) in [5.41, 5.74) is 0.659. The number of aryl methyl sites for hydroxylation is 1. The van der Waals surface area contributed by atoms with Crippen LogP contribution in [0.2, 0.25) is 0 Å². The van der Waals surface area contributed by atoms with Gasteiger partial charge in [-0.15, -0.1) is 0 Å². The summed E-state index contributed by atoms with van der Waals surface area (Å²) in [6, 6.07) is 4.36. The quantitative estimate of drug-likeness (QED) is 0.792. The fourth-order valence-corrected chi connectivity index (χ4v) is 3.73. The standard InChI is InChI=1S/C13H15N3O5S2/c1-8(17)15-13-16(6-5-12(18)21-2)10-4-3-9(23(14,19)20)7-11(10)22-13/h3-4,7H,5-6H2,1-2H3,(H2,14,19,20). The summed E-state index contributed by atoms with van der Waals surface area (Å²) in [4.78, 5) is 26.9. The van der Waals surface area contributed by atoms with Crippen molar-refractivity contribution in [2.45, 2.75) is 24.8 Å². The number of ether oxygens (including phenoxy) is 1. The van der Waals surface area contributed by atoms with Crippen LogP contribution in [-0.4, -0.2) is 32.0 Å². The van der Waals surface area contributed by atoms with Crippen molar-refractivity contribution in [2.24, 2.45) is 10.1 Å². The van der Waals surface area contributed by atoms with Crippen LogP contribution in [0.5, 0.6) is 0 Å². The molecular weight excluding hydrogens is 342 g/mol. The van der Waals surface area contributed by atoms with Crippen LogP contribution in [-0.2, 0) is 30.9 Å². The lowest BCUT2D eigenvalue weighted by Crippen LogP contribution is -2.18. The van der Waals surface area contributed by atoms with Gasteiger partial charge in [-0.25, -0.2) is 13.6 Å². The highest BCUT2D eigenvalue weighted by Gasteiger charge is 2.13. The second-order valence-corrected chi connectivity index (χ2v) is 7.24. The number of sulfonamides is 1.